The van der Waals surface area contributed by atoms with E-state index in [1.807, 2.05) is 19.0 Å². The second-order valence-electron chi connectivity index (χ2n) is 3.49. The molecule has 0 bridgehead atoms. The predicted octanol–water partition coefficient (Wildman–Crippen LogP) is 1.79. The average molecular weight is 227 g/mol. The number of fused-ring (bicyclic) bond motifs is 1. The van der Waals surface area contributed by atoms with Gasteiger partial charge in [0, 0.05) is 20.5 Å². The van der Waals surface area contributed by atoms with Crippen molar-refractivity contribution in [3.8, 4) is 11.5 Å². The van der Waals surface area contributed by atoms with Crippen LogP contribution in [0.4, 0.5) is 5.00 Å². The highest BCUT2D eigenvalue weighted by Crippen LogP contribution is 2.47. The molecule has 0 spiro atoms. The number of anilines is 1. The van der Waals surface area contributed by atoms with E-state index < -0.39 is 0 Å². The van der Waals surface area contributed by atoms with E-state index in [2.05, 4.69) is 0 Å². The van der Waals surface area contributed by atoms with Crippen molar-refractivity contribution in [3.05, 3.63) is 4.88 Å². The van der Waals surface area contributed by atoms with Crippen LogP contribution in [-0.2, 0) is 0 Å². The molecule has 0 amide bonds. The van der Waals surface area contributed by atoms with Crippen molar-refractivity contribution in [2.75, 3.05) is 32.2 Å². The Balaban J connectivity index is 2.49. The molecule has 1 aliphatic heterocycles. The molecule has 15 heavy (non-hydrogen) atoms. The fourth-order valence-electron chi connectivity index (χ4n) is 1.45. The molecule has 1 aromatic heterocycles. The molecule has 2 heterocycles. The molecule has 0 aromatic carbocycles. The number of carbonyl (C=O) groups is 1. The zero-order chi connectivity index (χ0) is 10.8. The second-order valence-corrected chi connectivity index (χ2v) is 4.52. The zero-order valence-electron chi connectivity index (χ0n) is 8.78. The van der Waals surface area contributed by atoms with Crippen LogP contribution in [0.15, 0.2) is 0 Å². The van der Waals surface area contributed by atoms with Crippen LogP contribution in [-0.4, -0.2) is 33.6 Å². The fourth-order valence-corrected chi connectivity index (χ4v) is 2.38. The van der Waals surface area contributed by atoms with E-state index in [0.717, 1.165) is 17.7 Å². The Kier molecular flexibility index (Phi) is 2.81. The summed E-state index contributed by atoms with van der Waals surface area (Å²) in [6, 6.07) is 0. The van der Waals surface area contributed by atoms with E-state index in [1.165, 1.54) is 11.3 Å². The van der Waals surface area contributed by atoms with Gasteiger partial charge in [-0.25, -0.2) is 0 Å². The van der Waals surface area contributed by atoms with E-state index in [1.54, 1.807) is 0 Å². The number of thiophene rings is 1. The minimum Gasteiger partial charge on any atom is -0.488 e. The normalized spacial score (nSPS) is 14.5. The Hall–Kier alpha value is -1.23. The molecule has 0 atom stereocenters. The number of ether oxygens (including phenoxy) is 2. The molecule has 1 aliphatic rings. The Morgan fingerprint density at radius 1 is 1.27 bits per heavy atom. The molecular formula is C10H13NO3S. The molecule has 5 heteroatoms. The smallest absolute Gasteiger partial charge is 0.196 e. The minimum atomic E-state index is 0.607. The minimum absolute atomic E-state index is 0.607. The molecule has 2 rings (SSSR count). The lowest BCUT2D eigenvalue weighted by Gasteiger charge is -2.12. The average Bonchev–Trinajstić information content (AvgIpc) is 2.41. The van der Waals surface area contributed by atoms with Gasteiger partial charge in [-0.15, -0.1) is 11.3 Å². The van der Waals surface area contributed by atoms with Crippen LogP contribution < -0.4 is 14.4 Å². The SMILES string of the molecule is CN(C)c1sc(C=O)c2c1OCCCO2. The Bertz CT molecular complexity index is 373. The third kappa shape index (κ3) is 1.79. The van der Waals surface area contributed by atoms with E-state index in [0.29, 0.717) is 29.6 Å². The van der Waals surface area contributed by atoms with Crippen LogP contribution in [0.3, 0.4) is 0 Å². The largest absolute Gasteiger partial charge is 0.488 e. The predicted molar refractivity (Wildman–Crippen MR) is 59.6 cm³/mol. The number of aldehydes is 1. The van der Waals surface area contributed by atoms with Crippen LogP contribution >= 0.6 is 11.3 Å². The van der Waals surface area contributed by atoms with Crippen LogP contribution in [0.1, 0.15) is 16.1 Å². The van der Waals surface area contributed by atoms with Gasteiger partial charge in [-0.05, 0) is 0 Å². The van der Waals surface area contributed by atoms with Gasteiger partial charge in [0.15, 0.2) is 17.8 Å². The molecule has 0 aliphatic carbocycles. The first-order valence-corrected chi connectivity index (χ1v) is 5.60. The van der Waals surface area contributed by atoms with Crippen molar-refractivity contribution in [2.24, 2.45) is 0 Å². The van der Waals surface area contributed by atoms with Gasteiger partial charge in [-0.2, -0.15) is 0 Å². The summed E-state index contributed by atoms with van der Waals surface area (Å²) in [5.41, 5.74) is 0. The molecule has 0 unspecified atom stereocenters. The number of hydrogen-bond donors (Lipinski definition) is 0. The summed E-state index contributed by atoms with van der Waals surface area (Å²) in [5.74, 6) is 1.32. The fraction of sp³-hybridized carbons (Fsp3) is 0.500. The summed E-state index contributed by atoms with van der Waals surface area (Å²) in [5, 5.41) is 0.939. The maximum absolute atomic E-state index is 10.9. The lowest BCUT2D eigenvalue weighted by Crippen LogP contribution is -2.08. The van der Waals surface area contributed by atoms with Gasteiger partial charge in [-0.1, -0.05) is 0 Å². The first-order chi connectivity index (χ1) is 7.24. The van der Waals surface area contributed by atoms with E-state index >= 15 is 0 Å². The lowest BCUT2D eigenvalue weighted by atomic mass is 10.4. The molecular weight excluding hydrogens is 214 g/mol. The quantitative estimate of drug-likeness (QED) is 0.722. The number of nitrogens with zero attached hydrogens (tertiary/aromatic N) is 1. The molecule has 0 radical (unpaired) electrons. The van der Waals surface area contributed by atoms with Crippen LogP contribution in [0.5, 0.6) is 11.5 Å². The van der Waals surface area contributed by atoms with Crippen molar-refractivity contribution >= 4 is 22.6 Å². The maximum atomic E-state index is 10.9. The summed E-state index contributed by atoms with van der Waals surface area (Å²) in [6.45, 7) is 1.25. The van der Waals surface area contributed by atoms with Gasteiger partial charge in [0.05, 0.1) is 13.2 Å². The Labute approximate surface area is 92.4 Å². The number of rotatable bonds is 2. The summed E-state index contributed by atoms with van der Waals surface area (Å²) < 4.78 is 11.1. The van der Waals surface area contributed by atoms with Gasteiger partial charge >= 0.3 is 0 Å². The molecule has 0 saturated heterocycles. The lowest BCUT2D eigenvalue weighted by molar-refractivity contribution is 0.112. The summed E-state index contributed by atoms with van der Waals surface area (Å²) >= 11 is 1.40. The molecule has 0 saturated carbocycles. The van der Waals surface area contributed by atoms with Gasteiger partial charge in [0.1, 0.15) is 9.88 Å². The van der Waals surface area contributed by atoms with E-state index in [4.69, 9.17) is 9.47 Å². The van der Waals surface area contributed by atoms with Crippen molar-refractivity contribution in [2.45, 2.75) is 6.42 Å². The van der Waals surface area contributed by atoms with Crippen molar-refractivity contribution in [1.29, 1.82) is 0 Å². The highest BCUT2D eigenvalue weighted by Gasteiger charge is 2.23. The highest BCUT2D eigenvalue weighted by molar-refractivity contribution is 7.18. The Morgan fingerprint density at radius 3 is 2.53 bits per heavy atom. The first-order valence-electron chi connectivity index (χ1n) is 4.79. The summed E-state index contributed by atoms with van der Waals surface area (Å²) in [7, 11) is 3.85. The molecule has 4 nitrogen and oxygen atoms in total. The summed E-state index contributed by atoms with van der Waals surface area (Å²) in [4.78, 5) is 13.4. The molecule has 0 N–H and O–H groups in total. The van der Waals surface area contributed by atoms with Crippen LogP contribution in [0.25, 0.3) is 0 Å². The van der Waals surface area contributed by atoms with Crippen LogP contribution in [0, 0.1) is 0 Å². The molecule has 82 valence electrons. The topological polar surface area (TPSA) is 38.8 Å². The third-order valence-electron chi connectivity index (χ3n) is 2.13. The van der Waals surface area contributed by atoms with E-state index in [-0.39, 0.29) is 0 Å². The van der Waals surface area contributed by atoms with Gasteiger partial charge in [0.2, 0.25) is 0 Å². The van der Waals surface area contributed by atoms with Crippen molar-refractivity contribution < 1.29 is 14.3 Å². The molecule has 0 fully saturated rings. The first kappa shape index (κ1) is 10.3. The van der Waals surface area contributed by atoms with Gasteiger partial charge in [0.25, 0.3) is 0 Å². The second kappa shape index (κ2) is 4.10. The molecule has 1 aromatic rings. The monoisotopic (exact) mass is 227 g/mol. The Morgan fingerprint density at radius 2 is 1.93 bits per heavy atom. The van der Waals surface area contributed by atoms with E-state index in [9.17, 15) is 4.79 Å². The van der Waals surface area contributed by atoms with Crippen molar-refractivity contribution in [3.63, 3.8) is 0 Å². The number of hydrogen-bond acceptors (Lipinski definition) is 5. The third-order valence-corrected chi connectivity index (χ3v) is 3.37. The summed E-state index contributed by atoms with van der Waals surface area (Å²) in [6.07, 6.45) is 1.68. The zero-order valence-corrected chi connectivity index (χ0v) is 9.60. The highest BCUT2D eigenvalue weighted by atomic mass is 32.1. The maximum Gasteiger partial charge on any atom is 0.196 e. The van der Waals surface area contributed by atoms with Crippen molar-refractivity contribution in [1.82, 2.24) is 0 Å². The number of carbonyl (C=O) groups excluding carboxylic acids is 1. The van der Waals surface area contributed by atoms with Gasteiger partial charge < -0.3 is 14.4 Å². The van der Waals surface area contributed by atoms with Crippen LogP contribution in [0.2, 0.25) is 0 Å². The van der Waals surface area contributed by atoms with Gasteiger partial charge in [-0.3, -0.25) is 4.79 Å². The standard InChI is InChI=1S/C10H13NO3S/c1-11(2)10-9-8(7(6-12)15-10)13-4-3-5-14-9/h6H,3-5H2,1-2H3.